The van der Waals surface area contributed by atoms with Gasteiger partial charge in [-0.15, -0.1) is 0 Å². The minimum absolute atomic E-state index is 0.0709. The second kappa shape index (κ2) is 7.85. The van der Waals surface area contributed by atoms with Crippen molar-refractivity contribution in [3.05, 3.63) is 24.3 Å². The molecule has 1 fully saturated rings. The Morgan fingerprint density at radius 1 is 1.29 bits per heavy atom. The van der Waals surface area contributed by atoms with E-state index in [0.29, 0.717) is 12.5 Å². The third kappa shape index (κ3) is 5.11. The zero-order valence-corrected chi connectivity index (χ0v) is 15.4. The summed E-state index contributed by atoms with van der Waals surface area (Å²) in [5.41, 5.74) is 6.85. The highest BCUT2D eigenvalue weighted by atomic mass is 16.5. The van der Waals surface area contributed by atoms with Crippen molar-refractivity contribution >= 4 is 11.6 Å². The minimum atomic E-state index is -0.0709. The van der Waals surface area contributed by atoms with Gasteiger partial charge in [-0.05, 0) is 52.0 Å². The molecule has 2 rings (SSSR count). The van der Waals surface area contributed by atoms with Crippen LogP contribution >= 0.6 is 0 Å². The van der Waals surface area contributed by atoms with Crippen LogP contribution in [-0.4, -0.2) is 55.4 Å². The number of nitrogens with two attached hydrogens (primary N) is 1. The number of ether oxygens (including phenoxy) is 2. The van der Waals surface area contributed by atoms with Gasteiger partial charge in [0.25, 0.3) is 0 Å². The van der Waals surface area contributed by atoms with Crippen LogP contribution in [0.3, 0.4) is 0 Å². The first-order chi connectivity index (χ1) is 11.3. The van der Waals surface area contributed by atoms with Crippen LogP contribution in [0, 0.1) is 0 Å². The lowest BCUT2D eigenvalue weighted by Crippen LogP contribution is -2.56. The Hall–Kier alpha value is -1.79. The maximum Gasteiger partial charge on any atom is 0.193 e. The van der Waals surface area contributed by atoms with E-state index in [-0.39, 0.29) is 17.7 Å². The molecule has 2 unspecified atom stereocenters. The van der Waals surface area contributed by atoms with Crippen molar-refractivity contribution in [1.29, 1.82) is 0 Å². The van der Waals surface area contributed by atoms with Crippen molar-refractivity contribution in [3.63, 3.8) is 0 Å². The van der Waals surface area contributed by atoms with Crippen LogP contribution in [0.25, 0.3) is 0 Å². The normalized spacial score (nSPS) is 23.1. The summed E-state index contributed by atoms with van der Waals surface area (Å²) >= 11 is 0. The SMILES string of the molecule is COc1ccc(NC(N)=NCC(C)(C)N2CC(C)OC(C)C2)cc1. The lowest BCUT2D eigenvalue weighted by molar-refractivity contribution is -0.0939. The largest absolute Gasteiger partial charge is 0.497 e. The van der Waals surface area contributed by atoms with Gasteiger partial charge in [-0.2, -0.15) is 0 Å². The molecule has 0 saturated carbocycles. The second-order valence-corrected chi connectivity index (χ2v) is 7.03. The van der Waals surface area contributed by atoms with Crippen LogP contribution in [0.5, 0.6) is 5.75 Å². The van der Waals surface area contributed by atoms with Gasteiger partial charge in [0.2, 0.25) is 0 Å². The number of guanidine groups is 1. The van der Waals surface area contributed by atoms with Crippen LogP contribution in [0.15, 0.2) is 29.3 Å². The van der Waals surface area contributed by atoms with Crippen LogP contribution in [0.4, 0.5) is 5.69 Å². The van der Waals surface area contributed by atoms with E-state index in [1.165, 1.54) is 0 Å². The predicted molar refractivity (Wildman–Crippen MR) is 98.8 cm³/mol. The number of hydrogen-bond acceptors (Lipinski definition) is 4. The molecule has 1 aliphatic heterocycles. The summed E-state index contributed by atoms with van der Waals surface area (Å²) in [5, 5.41) is 3.12. The number of rotatable bonds is 5. The molecule has 6 heteroatoms. The Labute approximate surface area is 145 Å². The molecule has 1 aromatic rings. The maximum absolute atomic E-state index is 6.03. The fourth-order valence-corrected chi connectivity index (χ4v) is 2.91. The van der Waals surface area contributed by atoms with Gasteiger partial charge in [-0.1, -0.05) is 0 Å². The zero-order chi connectivity index (χ0) is 17.7. The lowest BCUT2D eigenvalue weighted by Gasteiger charge is -2.44. The molecule has 6 nitrogen and oxygen atoms in total. The number of methoxy groups -OCH3 is 1. The van der Waals surface area contributed by atoms with E-state index in [2.05, 4.69) is 42.9 Å². The van der Waals surface area contributed by atoms with Crippen molar-refractivity contribution in [2.24, 2.45) is 10.7 Å². The second-order valence-electron chi connectivity index (χ2n) is 7.03. The molecule has 2 atom stereocenters. The first-order valence-corrected chi connectivity index (χ1v) is 8.41. The summed E-state index contributed by atoms with van der Waals surface area (Å²) in [4.78, 5) is 6.96. The van der Waals surface area contributed by atoms with E-state index in [1.807, 2.05) is 24.3 Å². The molecular weight excluding hydrogens is 304 g/mol. The summed E-state index contributed by atoms with van der Waals surface area (Å²) in [5.74, 6) is 1.23. The average molecular weight is 334 g/mol. The Balaban J connectivity index is 1.94. The molecule has 0 bridgehead atoms. The molecular formula is C18H30N4O2. The monoisotopic (exact) mass is 334 g/mol. The summed E-state index contributed by atoms with van der Waals surface area (Å²) in [6.07, 6.45) is 0.485. The van der Waals surface area contributed by atoms with Gasteiger partial charge in [0.15, 0.2) is 5.96 Å². The lowest BCUT2D eigenvalue weighted by atomic mass is 10.0. The smallest absolute Gasteiger partial charge is 0.193 e. The van der Waals surface area contributed by atoms with E-state index in [0.717, 1.165) is 24.5 Å². The number of nitrogens with one attached hydrogen (secondary N) is 1. The molecule has 0 radical (unpaired) electrons. The first kappa shape index (κ1) is 18.5. The summed E-state index contributed by atoms with van der Waals surface area (Å²) < 4.78 is 11.0. The standard InChI is InChI=1S/C18H30N4O2/c1-13-10-22(11-14(2)24-13)18(3,4)12-20-17(19)21-15-6-8-16(23-5)9-7-15/h6-9,13-14H,10-12H2,1-5H3,(H3,19,20,21). The van der Waals surface area contributed by atoms with E-state index in [4.69, 9.17) is 15.2 Å². The van der Waals surface area contributed by atoms with Crippen molar-refractivity contribution < 1.29 is 9.47 Å². The van der Waals surface area contributed by atoms with Crippen LogP contribution in [-0.2, 0) is 4.74 Å². The van der Waals surface area contributed by atoms with Gasteiger partial charge in [0, 0.05) is 24.3 Å². The van der Waals surface area contributed by atoms with E-state index >= 15 is 0 Å². The number of benzene rings is 1. The van der Waals surface area contributed by atoms with Crippen LogP contribution < -0.4 is 15.8 Å². The zero-order valence-electron chi connectivity index (χ0n) is 15.4. The molecule has 134 valence electrons. The topological polar surface area (TPSA) is 72.1 Å². The summed E-state index contributed by atoms with van der Waals surface area (Å²) in [6, 6.07) is 7.60. The highest BCUT2D eigenvalue weighted by Crippen LogP contribution is 2.21. The highest BCUT2D eigenvalue weighted by Gasteiger charge is 2.33. The number of anilines is 1. The van der Waals surface area contributed by atoms with Crippen LogP contribution in [0.1, 0.15) is 27.7 Å². The van der Waals surface area contributed by atoms with Crippen molar-refractivity contribution in [1.82, 2.24) is 4.90 Å². The fourth-order valence-electron chi connectivity index (χ4n) is 2.91. The maximum atomic E-state index is 6.03. The number of morpholine rings is 1. The van der Waals surface area contributed by atoms with Crippen molar-refractivity contribution in [2.45, 2.75) is 45.4 Å². The van der Waals surface area contributed by atoms with Gasteiger partial charge in [-0.3, -0.25) is 9.89 Å². The van der Waals surface area contributed by atoms with Gasteiger partial charge >= 0.3 is 0 Å². The molecule has 24 heavy (non-hydrogen) atoms. The van der Waals surface area contributed by atoms with Crippen molar-refractivity contribution in [3.8, 4) is 5.75 Å². The number of nitrogens with zero attached hydrogens (tertiary/aromatic N) is 2. The molecule has 1 heterocycles. The Bertz CT molecular complexity index is 547. The summed E-state index contributed by atoms with van der Waals surface area (Å²) in [7, 11) is 1.65. The molecule has 0 amide bonds. The predicted octanol–water partition coefficient (Wildman–Crippen LogP) is 2.31. The van der Waals surface area contributed by atoms with Gasteiger partial charge < -0.3 is 20.5 Å². The minimum Gasteiger partial charge on any atom is -0.497 e. The quantitative estimate of drug-likeness (QED) is 0.639. The molecule has 1 saturated heterocycles. The molecule has 0 aliphatic carbocycles. The van der Waals surface area contributed by atoms with Gasteiger partial charge in [0.1, 0.15) is 5.75 Å². The van der Waals surface area contributed by atoms with Crippen molar-refractivity contribution in [2.75, 3.05) is 32.1 Å². The Kier molecular flexibility index (Phi) is 6.07. The van der Waals surface area contributed by atoms with E-state index < -0.39 is 0 Å². The van der Waals surface area contributed by atoms with Gasteiger partial charge in [-0.25, -0.2) is 0 Å². The number of hydrogen-bond donors (Lipinski definition) is 2. The third-order valence-electron chi connectivity index (χ3n) is 4.27. The fraction of sp³-hybridized carbons (Fsp3) is 0.611. The number of aliphatic imine (C=N–C) groups is 1. The average Bonchev–Trinajstić information content (AvgIpc) is 2.53. The summed E-state index contributed by atoms with van der Waals surface area (Å²) in [6.45, 7) is 11.1. The molecule has 0 aromatic heterocycles. The first-order valence-electron chi connectivity index (χ1n) is 8.41. The molecule has 1 aromatic carbocycles. The highest BCUT2D eigenvalue weighted by molar-refractivity contribution is 5.92. The molecule has 3 N–H and O–H groups in total. The van der Waals surface area contributed by atoms with E-state index in [9.17, 15) is 0 Å². The Morgan fingerprint density at radius 2 is 1.88 bits per heavy atom. The van der Waals surface area contributed by atoms with Crippen LogP contribution in [0.2, 0.25) is 0 Å². The third-order valence-corrected chi connectivity index (χ3v) is 4.27. The van der Waals surface area contributed by atoms with E-state index in [1.54, 1.807) is 7.11 Å². The molecule has 1 aliphatic rings. The molecule has 0 spiro atoms. The van der Waals surface area contributed by atoms with Gasteiger partial charge in [0.05, 0.1) is 25.9 Å². The Morgan fingerprint density at radius 3 is 2.42 bits per heavy atom.